The number of nitrogens with one attached hydrogen (secondary N) is 1. The highest BCUT2D eigenvalue weighted by molar-refractivity contribution is 9.10. The molecular weight excluding hydrogens is 324 g/mol. The molecule has 1 aliphatic rings. The molecule has 1 saturated carbocycles. The van der Waals surface area contributed by atoms with Crippen molar-refractivity contribution in [2.45, 2.75) is 58.9 Å². The largest absolute Gasteiger partial charge is 0.314 e. The molecule has 1 N–H and O–H groups in total. The van der Waals surface area contributed by atoms with E-state index < -0.39 is 0 Å². The van der Waals surface area contributed by atoms with Crippen LogP contribution in [0, 0.1) is 17.8 Å². The molecule has 21 heavy (non-hydrogen) atoms. The second kappa shape index (κ2) is 8.28. The van der Waals surface area contributed by atoms with Gasteiger partial charge >= 0.3 is 0 Å². The van der Waals surface area contributed by atoms with E-state index in [1.165, 1.54) is 31.2 Å². The summed E-state index contributed by atoms with van der Waals surface area (Å²) in [5.74, 6) is 2.43. The molecular formula is C18H29BrN2. The number of hydrogen-bond acceptors (Lipinski definition) is 2. The molecule has 3 heteroatoms. The highest BCUT2D eigenvalue weighted by Gasteiger charge is 2.31. The molecule has 3 atom stereocenters. The van der Waals surface area contributed by atoms with Crippen molar-refractivity contribution in [1.82, 2.24) is 10.3 Å². The lowest BCUT2D eigenvalue weighted by Crippen LogP contribution is -2.42. The van der Waals surface area contributed by atoms with Gasteiger partial charge in [0.25, 0.3) is 0 Å². The lowest BCUT2D eigenvalue weighted by molar-refractivity contribution is 0.167. The zero-order chi connectivity index (χ0) is 15.2. The van der Waals surface area contributed by atoms with Gasteiger partial charge in [0.1, 0.15) is 0 Å². The maximum Gasteiger partial charge on any atom is 0.0410 e. The second-order valence-corrected chi connectivity index (χ2v) is 7.77. The molecule has 1 heterocycles. The number of pyridine rings is 1. The van der Waals surface area contributed by atoms with E-state index in [4.69, 9.17) is 0 Å². The summed E-state index contributed by atoms with van der Waals surface area (Å²) in [7, 11) is 0. The summed E-state index contributed by atoms with van der Waals surface area (Å²) in [6.07, 6.45) is 10.3. The van der Waals surface area contributed by atoms with Crippen molar-refractivity contribution >= 4 is 15.9 Å². The van der Waals surface area contributed by atoms with Crippen LogP contribution in [0.2, 0.25) is 0 Å². The SMILES string of the molecule is CCCNC1CCC(C(C)C)CC1Cc1cncc(Br)c1. The Labute approximate surface area is 138 Å². The quantitative estimate of drug-likeness (QED) is 0.793. The normalized spacial score (nSPS) is 26.2. The summed E-state index contributed by atoms with van der Waals surface area (Å²) in [6.45, 7) is 8.15. The van der Waals surface area contributed by atoms with Gasteiger partial charge in [-0.1, -0.05) is 20.8 Å². The van der Waals surface area contributed by atoms with Crippen LogP contribution in [0.5, 0.6) is 0 Å². The fourth-order valence-corrected chi connectivity index (χ4v) is 4.01. The average Bonchev–Trinajstić information content (AvgIpc) is 2.46. The Kier molecular flexibility index (Phi) is 6.69. The van der Waals surface area contributed by atoms with Crippen molar-refractivity contribution in [3.05, 3.63) is 28.5 Å². The molecule has 1 aromatic rings. The topological polar surface area (TPSA) is 24.9 Å². The Balaban J connectivity index is 2.05. The molecule has 3 unspecified atom stereocenters. The first-order chi connectivity index (χ1) is 10.1. The molecule has 0 saturated heterocycles. The Morgan fingerprint density at radius 2 is 2.14 bits per heavy atom. The van der Waals surface area contributed by atoms with Gasteiger partial charge in [-0.3, -0.25) is 4.98 Å². The Hall–Kier alpha value is -0.410. The van der Waals surface area contributed by atoms with Crippen LogP contribution in [-0.2, 0) is 6.42 Å². The number of rotatable bonds is 6. The smallest absolute Gasteiger partial charge is 0.0410 e. The summed E-state index contributed by atoms with van der Waals surface area (Å²) in [5, 5.41) is 3.78. The summed E-state index contributed by atoms with van der Waals surface area (Å²) in [4.78, 5) is 4.32. The Morgan fingerprint density at radius 1 is 1.33 bits per heavy atom. The third-order valence-electron chi connectivity index (χ3n) is 4.88. The van der Waals surface area contributed by atoms with Gasteiger partial charge in [0, 0.05) is 22.9 Å². The summed E-state index contributed by atoms with van der Waals surface area (Å²) >= 11 is 3.54. The molecule has 0 amide bonds. The number of halogens is 1. The standard InChI is InChI=1S/C18H29BrN2/c1-4-7-21-18-6-5-15(13(2)3)10-16(18)8-14-9-17(19)12-20-11-14/h9,11-13,15-16,18,21H,4-8,10H2,1-3H3. The van der Waals surface area contributed by atoms with E-state index >= 15 is 0 Å². The molecule has 0 aromatic carbocycles. The minimum atomic E-state index is 0.680. The molecule has 0 bridgehead atoms. The highest BCUT2D eigenvalue weighted by atomic mass is 79.9. The maximum atomic E-state index is 4.32. The molecule has 1 fully saturated rings. The fourth-order valence-electron chi connectivity index (χ4n) is 3.60. The van der Waals surface area contributed by atoms with Gasteiger partial charge in [0.15, 0.2) is 0 Å². The monoisotopic (exact) mass is 352 g/mol. The van der Waals surface area contributed by atoms with Gasteiger partial charge in [-0.15, -0.1) is 0 Å². The van der Waals surface area contributed by atoms with Crippen molar-refractivity contribution < 1.29 is 0 Å². The second-order valence-electron chi connectivity index (χ2n) is 6.85. The number of nitrogens with zero attached hydrogens (tertiary/aromatic N) is 1. The van der Waals surface area contributed by atoms with Crippen molar-refractivity contribution in [3.8, 4) is 0 Å². The van der Waals surface area contributed by atoms with E-state index in [1.807, 2.05) is 12.4 Å². The van der Waals surface area contributed by atoms with Crippen LogP contribution in [0.25, 0.3) is 0 Å². The maximum absolute atomic E-state index is 4.32. The van der Waals surface area contributed by atoms with Crippen LogP contribution in [0.1, 0.15) is 52.0 Å². The van der Waals surface area contributed by atoms with E-state index in [0.29, 0.717) is 6.04 Å². The first-order valence-corrected chi connectivity index (χ1v) is 9.22. The molecule has 1 aliphatic carbocycles. The van der Waals surface area contributed by atoms with E-state index in [-0.39, 0.29) is 0 Å². The molecule has 0 radical (unpaired) electrons. The molecule has 1 aromatic heterocycles. The predicted molar refractivity (Wildman–Crippen MR) is 93.4 cm³/mol. The van der Waals surface area contributed by atoms with E-state index in [9.17, 15) is 0 Å². The fraction of sp³-hybridized carbons (Fsp3) is 0.722. The van der Waals surface area contributed by atoms with Gasteiger partial charge in [-0.25, -0.2) is 0 Å². The first kappa shape index (κ1) is 17.0. The van der Waals surface area contributed by atoms with Crippen LogP contribution < -0.4 is 5.32 Å². The predicted octanol–water partition coefficient (Wildman–Crippen LogP) is 4.83. The van der Waals surface area contributed by atoms with Gasteiger partial charge in [0.05, 0.1) is 0 Å². The highest BCUT2D eigenvalue weighted by Crippen LogP contribution is 2.35. The molecule has 0 spiro atoms. The zero-order valence-electron chi connectivity index (χ0n) is 13.6. The van der Waals surface area contributed by atoms with Crippen LogP contribution in [-0.4, -0.2) is 17.6 Å². The average molecular weight is 353 g/mol. The Morgan fingerprint density at radius 3 is 2.81 bits per heavy atom. The van der Waals surface area contributed by atoms with Gasteiger partial charge < -0.3 is 5.32 Å². The summed E-state index contributed by atoms with van der Waals surface area (Å²) < 4.78 is 1.09. The van der Waals surface area contributed by atoms with Crippen LogP contribution in [0.15, 0.2) is 22.9 Å². The molecule has 118 valence electrons. The lowest BCUT2D eigenvalue weighted by Gasteiger charge is -2.38. The number of aromatic nitrogens is 1. The van der Waals surface area contributed by atoms with Crippen molar-refractivity contribution in [2.75, 3.05) is 6.54 Å². The number of hydrogen-bond donors (Lipinski definition) is 1. The Bertz CT molecular complexity index is 433. The minimum absolute atomic E-state index is 0.680. The minimum Gasteiger partial charge on any atom is -0.314 e. The van der Waals surface area contributed by atoms with E-state index in [0.717, 1.165) is 35.2 Å². The van der Waals surface area contributed by atoms with E-state index in [2.05, 4.69) is 53.1 Å². The van der Waals surface area contributed by atoms with Crippen molar-refractivity contribution in [2.24, 2.45) is 17.8 Å². The van der Waals surface area contributed by atoms with Crippen molar-refractivity contribution in [1.29, 1.82) is 0 Å². The zero-order valence-corrected chi connectivity index (χ0v) is 15.2. The lowest BCUT2D eigenvalue weighted by atomic mass is 9.72. The van der Waals surface area contributed by atoms with Crippen LogP contribution in [0.3, 0.4) is 0 Å². The van der Waals surface area contributed by atoms with Crippen LogP contribution in [0.4, 0.5) is 0 Å². The van der Waals surface area contributed by atoms with Crippen molar-refractivity contribution in [3.63, 3.8) is 0 Å². The summed E-state index contributed by atoms with van der Waals surface area (Å²) in [5.41, 5.74) is 1.36. The molecule has 0 aliphatic heterocycles. The first-order valence-electron chi connectivity index (χ1n) is 8.43. The summed E-state index contributed by atoms with van der Waals surface area (Å²) in [6, 6.07) is 2.90. The van der Waals surface area contributed by atoms with Gasteiger partial charge in [-0.05, 0) is 84.0 Å². The third-order valence-corrected chi connectivity index (χ3v) is 5.32. The van der Waals surface area contributed by atoms with Crippen LogP contribution >= 0.6 is 15.9 Å². The van der Waals surface area contributed by atoms with E-state index in [1.54, 1.807) is 0 Å². The molecule has 2 rings (SSSR count). The molecule has 2 nitrogen and oxygen atoms in total. The third kappa shape index (κ3) is 5.07. The van der Waals surface area contributed by atoms with Gasteiger partial charge in [0.2, 0.25) is 0 Å². The van der Waals surface area contributed by atoms with Gasteiger partial charge in [-0.2, -0.15) is 0 Å².